The highest BCUT2D eigenvalue weighted by Gasteiger charge is 2.06. The lowest BCUT2D eigenvalue weighted by atomic mass is 10.1. The van der Waals surface area contributed by atoms with Crippen molar-refractivity contribution in [2.75, 3.05) is 11.1 Å². The Morgan fingerprint density at radius 1 is 1.21 bits per heavy atom. The van der Waals surface area contributed by atoms with E-state index in [-0.39, 0.29) is 5.91 Å². The number of nitrogens with one attached hydrogen (secondary N) is 1. The van der Waals surface area contributed by atoms with Gasteiger partial charge < -0.3 is 5.32 Å². The summed E-state index contributed by atoms with van der Waals surface area (Å²) in [6.45, 7) is 4.05. The van der Waals surface area contributed by atoms with Crippen LogP contribution in [0.15, 0.2) is 47.6 Å². The zero-order chi connectivity index (χ0) is 13.7. The Kier molecular flexibility index (Phi) is 4.58. The number of aryl methyl sites for hydroxylation is 1. The van der Waals surface area contributed by atoms with E-state index in [0.29, 0.717) is 5.75 Å². The predicted octanol–water partition coefficient (Wildman–Crippen LogP) is 3.43. The van der Waals surface area contributed by atoms with Gasteiger partial charge >= 0.3 is 0 Å². The van der Waals surface area contributed by atoms with Crippen LogP contribution in [0.2, 0.25) is 0 Å². The van der Waals surface area contributed by atoms with Crippen molar-refractivity contribution in [3.05, 3.63) is 53.9 Å². The molecule has 0 bridgehead atoms. The Morgan fingerprint density at radius 2 is 1.95 bits per heavy atom. The predicted molar refractivity (Wildman–Crippen MR) is 79.5 cm³/mol. The van der Waals surface area contributed by atoms with Gasteiger partial charge in [0.25, 0.3) is 0 Å². The van der Waals surface area contributed by atoms with Crippen LogP contribution in [0.1, 0.15) is 11.1 Å². The first-order chi connectivity index (χ1) is 9.16. The van der Waals surface area contributed by atoms with Gasteiger partial charge in [0.1, 0.15) is 0 Å². The van der Waals surface area contributed by atoms with E-state index in [4.69, 9.17) is 0 Å². The van der Waals surface area contributed by atoms with E-state index in [1.165, 1.54) is 17.3 Å². The van der Waals surface area contributed by atoms with Crippen LogP contribution in [0, 0.1) is 13.8 Å². The van der Waals surface area contributed by atoms with E-state index in [1.807, 2.05) is 44.2 Å². The summed E-state index contributed by atoms with van der Waals surface area (Å²) in [7, 11) is 0. The second-order valence-corrected chi connectivity index (χ2v) is 5.32. The molecule has 3 nitrogen and oxygen atoms in total. The maximum absolute atomic E-state index is 11.9. The second-order valence-electron chi connectivity index (χ2n) is 4.27. The molecular formula is C15H16N2OS. The van der Waals surface area contributed by atoms with Crippen LogP contribution in [-0.4, -0.2) is 16.6 Å². The number of thioether (sulfide) groups is 1. The third-order valence-electron chi connectivity index (χ3n) is 2.90. The average Bonchev–Trinajstić information content (AvgIpc) is 2.43. The summed E-state index contributed by atoms with van der Waals surface area (Å²) in [5.74, 6) is 0.410. The molecular weight excluding hydrogens is 256 g/mol. The molecule has 2 aromatic rings. The van der Waals surface area contributed by atoms with Gasteiger partial charge in [-0.15, -0.1) is 11.8 Å². The van der Waals surface area contributed by atoms with Gasteiger partial charge in [-0.1, -0.05) is 12.1 Å². The largest absolute Gasteiger partial charge is 0.325 e. The number of carbonyl (C=O) groups is 1. The van der Waals surface area contributed by atoms with Crippen LogP contribution < -0.4 is 5.32 Å². The van der Waals surface area contributed by atoms with Gasteiger partial charge in [-0.05, 0) is 43.2 Å². The number of hydrogen-bond donors (Lipinski definition) is 1. The molecule has 1 amide bonds. The van der Waals surface area contributed by atoms with E-state index in [0.717, 1.165) is 16.1 Å². The van der Waals surface area contributed by atoms with E-state index < -0.39 is 0 Å². The maximum atomic E-state index is 11.9. The van der Waals surface area contributed by atoms with Crippen molar-refractivity contribution >= 4 is 23.4 Å². The summed E-state index contributed by atoms with van der Waals surface area (Å²) in [5, 5.41) is 2.95. The van der Waals surface area contributed by atoms with Crippen molar-refractivity contribution < 1.29 is 4.79 Å². The highest BCUT2D eigenvalue weighted by atomic mass is 32.2. The third-order valence-corrected chi connectivity index (χ3v) is 3.91. The van der Waals surface area contributed by atoms with Crippen molar-refractivity contribution in [2.24, 2.45) is 0 Å². The van der Waals surface area contributed by atoms with E-state index >= 15 is 0 Å². The number of pyridine rings is 1. The molecule has 0 fully saturated rings. The molecule has 4 heteroatoms. The lowest BCUT2D eigenvalue weighted by molar-refractivity contribution is -0.113. The summed E-state index contributed by atoms with van der Waals surface area (Å²) >= 11 is 1.51. The van der Waals surface area contributed by atoms with Crippen LogP contribution in [0.25, 0.3) is 0 Å². The highest BCUT2D eigenvalue weighted by molar-refractivity contribution is 8.00. The Hall–Kier alpha value is -1.81. The average molecular weight is 272 g/mol. The topological polar surface area (TPSA) is 42.0 Å². The monoisotopic (exact) mass is 272 g/mol. The summed E-state index contributed by atoms with van der Waals surface area (Å²) in [6.07, 6.45) is 3.45. The third kappa shape index (κ3) is 3.83. The molecule has 0 aliphatic heterocycles. The van der Waals surface area contributed by atoms with Crippen molar-refractivity contribution in [3.8, 4) is 0 Å². The van der Waals surface area contributed by atoms with Gasteiger partial charge in [0.2, 0.25) is 5.91 Å². The Balaban J connectivity index is 1.93. The first-order valence-corrected chi connectivity index (χ1v) is 7.04. The molecule has 1 heterocycles. The summed E-state index contributed by atoms with van der Waals surface area (Å²) in [6, 6.07) is 9.72. The van der Waals surface area contributed by atoms with Crippen molar-refractivity contribution in [2.45, 2.75) is 18.7 Å². The quantitative estimate of drug-likeness (QED) is 0.867. The summed E-state index contributed by atoms with van der Waals surface area (Å²) in [4.78, 5) is 16.9. The standard InChI is InChI=1S/C15H16N2OS/c1-11-4-3-5-14(12(11)2)17-15(18)10-19-13-6-8-16-9-7-13/h3-9H,10H2,1-2H3,(H,17,18). The minimum atomic E-state index is 0.00973. The summed E-state index contributed by atoms with van der Waals surface area (Å²) in [5.41, 5.74) is 3.18. The molecule has 0 radical (unpaired) electrons. The van der Waals surface area contributed by atoms with E-state index in [9.17, 15) is 4.79 Å². The molecule has 1 aromatic carbocycles. The normalized spacial score (nSPS) is 10.2. The fraction of sp³-hybridized carbons (Fsp3) is 0.200. The maximum Gasteiger partial charge on any atom is 0.234 e. The number of hydrogen-bond acceptors (Lipinski definition) is 3. The molecule has 19 heavy (non-hydrogen) atoms. The number of rotatable bonds is 4. The van der Waals surface area contributed by atoms with Gasteiger partial charge in [-0.2, -0.15) is 0 Å². The molecule has 1 N–H and O–H groups in total. The Morgan fingerprint density at radius 3 is 2.68 bits per heavy atom. The molecule has 0 saturated carbocycles. The first kappa shape index (κ1) is 13.6. The fourth-order valence-corrected chi connectivity index (χ4v) is 2.34. The molecule has 1 aromatic heterocycles. The van der Waals surface area contributed by atoms with Gasteiger partial charge in [0.15, 0.2) is 0 Å². The number of nitrogens with zero attached hydrogens (tertiary/aromatic N) is 1. The minimum Gasteiger partial charge on any atom is -0.325 e. The molecule has 0 aliphatic rings. The number of aromatic nitrogens is 1. The van der Waals surface area contributed by atoms with E-state index in [2.05, 4.69) is 10.3 Å². The van der Waals surface area contributed by atoms with E-state index in [1.54, 1.807) is 12.4 Å². The zero-order valence-electron chi connectivity index (χ0n) is 11.0. The Labute approximate surface area is 117 Å². The first-order valence-electron chi connectivity index (χ1n) is 6.05. The van der Waals surface area contributed by atoms with Crippen LogP contribution in [0.3, 0.4) is 0 Å². The smallest absolute Gasteiger partial charge is 0.234 e. The summed E-state index contributed by atoms with van der Waals surface area (Å²) < 4.78 is 0. The van der Waals surface area contributed by atoms with Crippen molar-refractivity contribution in [3.63, 3.8) is 0 Å². The number of carbonyl (C=O) groups excluding carboxylic acids is 1. The molecule has 0 unspecified atom stereocenters. The van der Waals surface area contributed by atoms with Gasteiger partial charge in [0.05, 0.1) is 5.75 Å². The second kappa shape index (κ2) is 6.38. The molecule has 0 aliphatic carbocycles. The van der Waals surface area contributed by atoms with Crippen LogP contribution >= 0.6 is 11.8 Å². The van der Waals surface area contributed by atoms with Crippen LogP contribution in [-0.2, 0) is 4.79 Å². The number of anilines is 1. The van der Waals surface area contributed by atoms with Gasteiger partial charge in [-0.25, -0.2) is 0 Å². The van der Waals surface area contributed by atoms with Crippen LogP contribution in [0.4, 0.5) is 5.69 Å². The van der Waals surface area contributed by atoms with Crippen molar-refractivity contribution in [1.82, 2.24) is 4.98 Å². The Bertz CT molecular complexity index is 570. The SMILES string of the molecule is Cc1cccc(NC(=O)CSc2ccncc2)c1C. The molecule has 0 atom stereocenters. The highest BCUT2D eigenvalue weighted by Crippen LogP contribution is 2.20. The number of amides is 1. The zero-order valence-corrected chi connectivity index (χ0v) is 11.8. The molecule has 2 rings (SSSR count). The number of benzene rings is 1. The van der Waals surface area contributed by atoms with Gasteiger partial charge in [0, 0.05) is 23.0 Å². The van der Waals surface area contributed by atoms with Crippen LogP contribution in [0.5, 0.6) is 0 Å². The lowest BCUT2D eigenvalue weighted by Crippen LogP contribution is -2.15. The van der Waals surface area contributed by atoms with Crippen molar-refractivity contribution in [1.29, 1.82) is 0 Å². The fourth-order valence-electron chi connectivity index (χ4n) is 1.66. The van der Waals surface area contributed by atoms with Gasteiger partial charge in [-0.3, -0.25) is 9.78 Å². The lowest BCUT2D eigenvalue weighted by Gasteiger charge is -2.10. The molecule has 0 spiro atoms. The molecule has 98 valence electrons. The molecule has 0 saturated heterocycles. The minimum absolute atomic E-state index is 0.00973.